The minimum Gasteiger partial charge on any atom is -0.378 e. The maximum atomic E-state index is 5.93. The first-order valence-electron chi connectivity index (χ1n) is 7.17. The van der Waals surface area contributed by atoms with E-state index in [0.717, 1.165) is 41.2 Å². The smallest absolute Gasteiger partial charge is 0.144 e. The minimum atomic E-state index is 0.297. The monoisotopic (exact) mass is 341 g/mol. The van der Waals surface area contributed by atoms with Crippen LogP contribution in [0.1, 0.15) is 43.6 Å². The molecule has 20 heavy (non-hydrogen) atoms. The van der Waals surface area contributed by atoms with E-state index in [0.29, 0.717) is 24.7 Å². The predicted octanol–water partition coefficient (Wildman–Crippen LogP) is 2.85. The Labute approximate surface area is 127 Å². The number of anilines is 1. The summed E-state index contributed by atoms with van der Waals surface area (Å²) < 4.78 is 12.1. The Morgan fingerprint density at radius 1 is 1.40 bits per heavy atom. The molecule has 1 N–H and O–H groups in total. The average molecular weight is 342 g/mol. The number of nitrogens with one attached hydrogen (secondary N) is 1. The lowest BCUT2D eigenvalue weighted by atomic mass is 9.88. The Balaban J connectivity index is 1.93. The number of ether oxygens (including phenoxy) is 2. The predicted molar refractivity (Wildman–Crippen MR) is 79.9 cm³/mol. The lowest BCUT2D eigenvalue weighted by Gasteiger charge is -2.19. The second-order valence-electron chi connectivity index (χ2n) is 5.37. The molecule has 2 aliphatic rings. The van der Waals surface area contributed by atoms with Crippen molar-refractivity contribution in [3.05, 3.63) is 16.0 Å². The molecule has 1 aromatic heterocycles. The number of fused-ring (bicyclic) bond motifs is 2. The van der Waals surface area contributed by atoms with Crippen molar-refractivity contribution >= 4 is 21.7 Å². The largest absolute Gasteiger partial charge is 0.378 e. The van der Waals surface area contributed by atoms with Crippen LogP contribution in [0.4, 0.5) is 5.82 Å². The molecule has 110 valence electrons. The van der Waals surface area contributed by atoms with E-state index in [9.17, 15) is 0 Å². The molecule has 0 radical (unpaired) electrons. The standard InChI is InChI=1S/C14H20BrN3O2/c1-3-16-14-12(15)10(7-19-2)17-13(18-14)9-6-8-4-5-11(9)20-8/h8-9,11H,3-7H2,1-2H3,(H,16,17,18). The zero-order chi connectivity index (χ0) is 14.1. The van der Waals surface area contributed by atoms with E-state index in [1.807, 2.05) is 0 Å². The number of halogens is 1. The summed E-state index contributed by atoms with van der Waals surface area (Å²) in [4.78, 5) is 9.40. The summed E-state index contributed by atoms with van der Waals surface area (Å²) in [6, 6.07) is 0. The van der Waals surface area contributed by atoms with E-state index >= 15 is 0 Å². The summed E-state index contributed by atoms with van der Waals surface area (Å²) in [6.45, 7) is 3.37. The molecule has 6 heteroatoms. The normalized spacial score (nSPS) is 28.1. The fourth-order valence-corrected chi connectivity index (χ4v) is 3.54. The van der Waals surface area contributed by atoms with Crippen LogP contribution in [-0.4, -0.2) is 35.8 Å². The third-order valence-electron chi connectivity index (χ3n) is 4.00. The SMILES string of the molecule is CCNc1nc(C2CC3CCC2O3)nc(COC)c1Br. The van der Waals surface area contributed by atoms with Crippen LogP contribution in [0.25, 0.3) is 0 Å². The first-order valence-corrected chi connectivity index (χ1v) is 7.96. The molecule has 5 nitrogen and oxygen atoms in total. The van der Waals surface area contributed by atoms with Gasteiger partial charge in [0.1, 0.15) is 11.6 Å². The van der Waals surface area contributed by atoms with Gasteiger partial charge in [-0.2, -0.15) is 0 Å². The van der Waals surface area contributed by atoms with Gasteiger partial charge in [-0.25, -0.2) is 9.97 Å². The van der Waals surface area contributed by atoms with Crippen molar-refractivity contribution in [2.45, 2.75) is 50.9 Å². The van der Waals surface area contributed by atoms with E-state index in [1.54, 1.807) is 7.11 Å². The van der Waals surface area contributed by atoms with Crippen LogP contribution in [0.5, 0.6) is 0 Å². The zero-order valence-corrected chi connectivity index (χ0v) is 13.4. The topological polar surface area (TPSA) is 56.3 Å². The lowest BCUT2D eigenvalue weighted by molar-refractivity contribution is 0.0998. The number of nitrogens with zero attached hydrogens (tertiary/aromatic N) is 2. The third-order valence-corrected chi connectivity index (χ3v) is 4.83. The molecule has 0 amide bonds. The maximum Gasteiger partial charge on any atom is 0.144 e. The summed E-state index contributed by atoms with van der Waals surface area (Å²) in [5.41, 5.74) is 0.899. The molecule has 3 rings (SSSR count). The quantitative estimate of drug-likeness (QED) is 0.892. The van der Waals surface area contributed by atoms with Crippen molar-refractivity contribution in [3.8, 4) is 0 Å². The molecular weight excluding hydrogens is 322 g/mol. The van der Waals surface area contributed by atoms with Crippen molar-refractivity contribution < 1.29 is 9.47 Å². The molecule has 2 bridgehead atoms. The molecule has 2 aliphatic heterocycles. The van der Waals surface area contributed by atoms with Crippen molar-refractivity contribution in [2.24, 2.45) is 0 Å². The van der Waals surface area contributed by atoms with Gasteiger partial charge in [0.2, 0.25) is 0 Å². The second kappa shape index (κ2) is 5.95. The van der Waals surface area contributed by atoms with Crippen LogP contribution in [-0.2, 0) is 16.1 Å². The fourth-order valence-electron chi connectivity index (χ4n) is 3.10. The van der Waals surface area contributed by atoms with E-state index in [-0.39, 0.29) is 0 Å². The number of aromatic nitrogens is 2. The summed E-state index contributed by atoms with van der Waals surface area (Å²) in [5.74, 6) is 2.07. The van der Waals surface area contributed by atoms with Crippen LogP contribution in [0, 0.1) is 0 Å². The highest BCUT2D eigenvalue weighted by Gasteiger charge is 2.43. The number of hydrogen-bond donors (Lipinski definition) is 1. The van der Waals surface area contributed by atoms with Gasteiger partial charge in [-0.15, -0.1) is 0 Å². The van der Waals surface area contributed by atoms with Gasteiger partial charge in [0.25, 0.3) is 0 Å². The Kier molecular flexibility index (Phi) is 4.23. The Morgan fingerprint density at radius 3 is 2.85 bits per heavy atom. The van der Waals surface area contributed by atoms with Gasteiger partial charge in [-0.05, 0) is 42.1 Å². The lowest BCUT2D eigenvalue weighted by Crippen LogP contribution is -2.19. The van der Waals surface area contributed by atoms with Gasteiger partial charge >= 0.3 is 0 Å². The molecule has 3 heterocycles. The summed E-state index contributed by atoms with van der Waals surface area (Å²) in [5, 5.41) is 3.29. The Hall–Kier alpha value is -0.720. The molecule has 2 saturated heterocycles. The van der Waals surface area contributed by atoms with E-state index in [2.05, 4.69) is 28.2 Å². The Bertz CT molecular complexity index is 470. The molecule has 0 aliphatic carbocycles. The van der Waals surface area contributed by atoms with E-state index in [4.69, 9.17) is 19.4 Å². The van der Waals surface area contributed by atoms with Crippen molar-refractivity contribution in [1.29, 1.82) is 0 Å². The maximum absolute atomic E-state index is 5.93. The Morgan fingerprint density at radius 2 is 2.25 bits per heavy atom. The van der Waals surface area contributed by atoms with Crippen LogP contribution in [0.3, 0.4) is 0 Å². The van der Waals surface area contributed by atoms with Gasteiger partial charge in [0.05, 0.1) is 29.0 Å². The molecular formula is C14H20BrN3O2. The first kappa shape index (κ1) is 14.2. The van der Waals surface area contributed by atoms with Crippen LogP contribution < -0.4 is 5.32 Å². The third kappa shape index (κ3) is 2.56. The summed E-state index contributed by atoms with van der Waals surface area (Å²) in [6.07, 6.45) is 4.06. The van der Waals surface area contributed by atoms with E-state index in [1.165, 1.54) is 6.42 Å². The van der Waals surface area contributed by atoms with Gasteiger partial charge in [0, 0.05) is 19.6 Å². The molecule has 3 atom stereocenters. The second-order valence-corrected chi connectivity index (χ2v) is 6.16. The van der Waals surface area contributed by atoms with Gasteiger partial charge in [0.15, 0.2) is 0 Å². The molecule has 3 unspecified atom stereocenters. The van der Waals surface area contributed by atoms with Crippen molar-refractivity contribution in [1.82, 2.24) is 9.97 Å². The first-order chi connectivity index (χ1) is 9.72. The van der Waals surface area contributed by atoms with Crippen LogP contribution >= 0.6 is 15.9 Å². The summed E-state index contributed by atoms with van der Waals surface area (Å²) in [7, 11) is 1.68. The van der Waals surface area contributed by atoms with Gasteiger partial charge < -0.3 is 14.8 Å². The fraction of sp³-hybridized carbons (Fsp3) is 0.714. The number of hydrogen-bond acceptors (Lipinski definition) is 5. The van der Waals surface area contributed by atoms with Crippen LogP contribution in [0.2, 0.25) is 0 Å². The van der Waals surface area contributed by atoms with Crippen molar-refractivity contribution in [2.75, 3.05) is 19.0 Å². The van der Waals surface area contributed by atoms with Crippen LogP contribution in [0.15, 0.2) is 4.47 Å². The highest BCUT2D eigenvalue weighted by atomic mass is 79.9. The van der Waals surface area contributed by atoms with Crippen molar-refractivity contribution in [3.63, 3.8) is 0 Å². The average Bonchev–Trinajstić information content (AvgIpc) is 3.06. The number of methoxy groups -OCH3 is 1. The molecule has 0 saturated carbocycles. The van der Waals surface area contributed by atoms with E-state index < -0.39 is 0 Å². The van der Waals surface area contributed by atoms with Gasteiger partial charge in [-0.1, -0.05) is 0 Å². The molecule has 0 spiro atoms. The minimum absolute atomic E-state index is 0.297. The number of rotatable bonds is 5. The zero-order valence-electron chi connectivity index (χ0n) is 11.9. The highest BCUT2D eigenvalue weighted by Crippen LogP contribution is 2.44. The highest BCUT2D eigenvalue weighted by molar-refractivity contribution is 9.10. The molecule has 2 fully saturated rings. The summed E-state index contributed by atoms with van der Waals surface area (Å²) >= 11 is 3.57. The molecule has 0 aromatic carbocycles. The molecule has 1 aromatic rings. The van der Waals surface area contributed by atoms with Gasteiger partial charge in [-0.3, -0.25) is 0 Å².